The van der Waals surface area contributed by atoms with Gasteiger partial charge in [-0.25, -0.2) is 0 Å². The number of fused-ring (bicyclic) bond motifs is 14. The summed E-state index contributed by atoms with van der Waals surface area (Å²) in [7, 11) is 0. The van der Waals surface area contributed by atoms with Crippen LogP contribution in [-0.4, -0.2) is 85.8 Å². The van der Waals surface area contributed by atoms with E-state index in [0.29, 0.717) is 79.3 Å². The van der Waals surface area contributed by atoms with Crippen molar-refractivity contribution < 1.29 is 33.2 Å². The highest BCUT2D eigenvalue weighted by Gasteiger charge is 2.24. The van der Waals surface area contributed by atoms with Gasteiger partial charge in [0.25, 0.3) is 0 Å². The summed E-state index contributed by atoms with van der Waals surface area (Å²) in [5.74, 6) is 1.66. The van der Waals surface area contributed by atoms with Gasteiger partial charge in [-0.3, -0.25) is 0 Å². The standard InChI is InChI=1S/C46H47NO7S3/c1-2-47-39-11-9-35-31-45(39)57-46-32-36(10-12-40(46)47)44-16-14-42(56-44)34-6-4-8-38(30-34)54-28-26-52-24-22-50-20-18-48-17-19-49-21-23-51-25-27-53-37-7-3-5-33(29-37)41-13-15-43(35)55-41/h3-16,29-32H,2,17-28H2,1H3. The van der Waals surface area contributed by atoms with Gasteiger partial charge in [-0.15, -0.1) is 22.7 Å². The number of anilines is 2. The van der Waals surface area contributed by atoms with Crippen molar-refractivity contribution in [3.8, 4) is 53.3 Å². The molecule has 2 aromatic heterocycles. The number of nitrogens with zero attached hydrogens (tertiary/aromatic N) is 1. The maximum atomic E-state index is 6.04. The molecular formula is C46H47NO7S3. The van der Waals surface area contributed by atoms with E-state index in [0.717, 1.165) is 29.2 Å². The molecule has 57 heavy (non-hydrogen) atoms. The maximum Gasteiger partial charge on any atom is 0.120 e. The minimum atomic E-state index is 0.468. The third-order valence-corrected chi connectivity index (χ3v) is 13.0. The summed E-state index contributed by atoms with van der Waals surface area (Å²) < 4.78 is 40.4. The van der Waals surface area contributed by atoms with Crippen molar-refractivity contribution in [3.63, 3.8) is 0 Å². The molecule has 11 heteroatoms. The summed E-state index contributed by atoms with van der Waals surface area (Å²) >= 11 is 5.46. The van der Waals surface area contributed by atoms with Crippen LogP contribution in [0.25, 0.3) is 41.8 Å². The highest BCUT2D eigenvalue weighted by Crippen LogP contribution is 2.51. The molecular weight excluding hydrogens is 775 g/mol. The molecule has 0 atom stereocenters. The molecule has 0 amide bonds. The highest BCUT2D eigenvalue weighted by molar-refractivity contribution is 7.99. The molecule has 12 bridgehead atoms. The first kappa shape index (κ1) is 39.6. The van der Waals surface area contributed by atoms with Crippen LogP contribution >= 0.6 is 34.4 Å². The number of rotatable bonds is 1. The predicted molar refractivity (Wildman–Crippen MR) is 232 cm³/mol. The minimum Gasteiger partial charge on any atom is -0.491 e. The van der Waals surface area contributed by atoms with E-state index in [-0.39, 0.29) is 0 Å². The Kier molecular flexibility index (Phi) is 13.9. The minimum absolute atomic E-state index is 0.468. The number of ether oxygens (including phenoxy) is 7. The molecule has 8 rings (SSSR count). The van der Waals surface area contributed by atoms with Crippen molar-refractivity contribution in [1.29, 1.82) is 0 Å². The van der Waals surface area contributed by atoms with Crippen LogP contribution < -0.4 is 14.4 Å². The van der Waals surface area contributed by atoms with Crippen molar-refractivity contribution in [2.45, 2.75) is 16.7 Å². The molecule has 0 radical (unpaired) electrons. The van der Waals surface area contributed by atoms with Gasteiger partial charge in [-0.05, 0) is 102 Å². The zero-order chi connectivity index (χ0) is 38.7. The number of hydrogen-bond acceptors (Lipinski definition) is 11. The molecule has 4 aromatic carbocycles. The van der Waals surface area contributed by atoms with Crippen molar-refractivity contribution in [2.24, 2.45) is 0 Å². The largest absolute Gasteiger partial charge is 0.491 e. The van der Waals surface area contributed by atoms with Crippen LogP contribution in [-0.2, 0) is 23.7 Å². The molecule has 8 nitrogen and oxygen atoms in total. The van der Waals surface area contributed by atoms with Gasteiger partial charge in [0, 0.05) is 35.8 Å². The van der Waals surface area contributed by atoms with E-state index in [1.807, 2.05) is 36.0 Å². The van der Waals surface area contributed by atoms with E-state index in [2.05, 4.69) is 96.8 Å². The van der Waals surface area contributed by atoms with Gasteiger partial charge in [0.15, 0.2) is 0 Å². The fourth-order valence-corrected chi connectivity index (χ4v) is 9.90. The summed E-state index contributed by atoms with van der Waals surface area (Å²) in [5.41, 5.74) is 7.22. The molecule has 296 valence electrons. The fraction of sp³-hybridized carbons (Fsp3) is 0.304. The van der Waals surface area contributed by atoms with Gasteiger partial charge in [0.05, 0.1) is 77.4 Å². The Bertz CT molecular complexity index is 2070. The molecule has 0 spiro atoms. The highest BCUT2D eigenvalue weighted by atomic mass is 32.2. The van der Waals surface area contributed by atoms with E-state index < -0.39 is 0 Å². The Hall–Kier alpha value is -4.17. The third kappa shape index (κ3) is 10.3. The Labute approximate surface area is 347 Å². The molecule has 4 heterocycles. The van der Waals surface area contributed by atoms with E-state index in [1.54, 1.807) is 22.7 Å². The summed E-state index contributed by atoms with van der Waals surface area (Å²) in [4.78, 5) is 9.85. The monoisotopic (exact) mass is 821 g/mol. The zero-order valence-electron chi connectivity index (χ0n) is 32.1. The lowest BCUT2D eigenvalue weighted by atomic mass is 10.1. The molecule has 6 aromatic rings. The summed E-state index contributed by atoms with van der Waals surface area (Å²) in [6.45, 7) is 9.08. The lowest BCUT2D eigenvalue weighted by Crippen LogP contribution is -2.19. The average Bonchev–Trinajstić information content (AvgIpc) is 3.95. The molecule has 0 aliphatic carbocycles. The second-order valence-electron chi connectivity index (χ2n) is 13.4. The Morgan fingerprint density at radius 2 is 0.789 bits per heavy atom. The first-order valence-corrected chi connectivity index (χ1v) is 22.0. The lowest BCUT2D eigenvalue weighted by molar-refractivity contribution is -0.0141. The summed E-state index contributed by atoms with van der Waals surface area (Å²) in [5, 5.41) is 0. The first-order chi connectivity index (χ1) is 28.2. The molecule has 0 unspecified atom stereocenters. The van der Waals surface area contributed by atoms with Gasteiger partial charge >= 0.3 is 0 Å². The zero-order valence-corrected chi connectivity index (χ0v) is 34.6. The lowest BCUT2D eigenvalue weighted by Gasteiger charge is -2.32. The second kappa shape index (κ2) is 20.0. The number of benzene rings is 4. The maximum absolute atomic E-state index is 6.04. The van der Waals surface area contributed by atoms with Crippen LogP contribution in [0.15, 0.2) is 119 Å². The Balaban J connectivity index is 0.990. The first-order valence-electron chi connectivity index (χ1n) is 19.5. The van der Waals surface area contributed by atoms with Crippen LogP contribution in [0.5, 0.6) is 11.5 Å². The Morgan fingerprint density at radius 3 is 1.18 bits per heavy atom. The smallest absolute Gasteiger partial charge is 0.120 e. The number of hydrogen-bond donors (Lipinski definition) is 0. The predicted octanol–water partition coefficient (Wildman–Crippen LogP) is 11.0. The van der Waals surface area contributed by atoms with Crippen LogP contribution in [0.1, 0.15) is 6.92 Å². The Morgan fingerprint density at radius 1 is 0.421 bits per heavy atom. The van der Waals surface area contributed by atoms with E-state index in [1.165, 1.54) is 51.8 Å². The van der Waals surface area contributed by atoms with Crippen molar-refractivity contribution in [2.75, 3.05) is 90.7 Å². The van der Waals surface area contributed by atoms with E-state index in [4.69, 9.17) is 33.2 Å². The fourth-order valence-electron chi connectivity index (χ4n) is 6.73. The average molecular weight is 822 g/mol. The van der Waals surface area contributed by atoms with Crippen LogP contribution in [0.3, 0.4) is 0 Å². The van der Waals surface area contributed by atoms with Crippen molar-refractivity contribution >= 4 is 45.8 Å². The normalized spacial score (nSPS) is 16.3. The molecule has 0 saturated carbocycles. The van der Waals surface area contributed by atoms with E-state index >= 15 is 0 Å². The topological polar surface area (TPSA) is 67.9 Å². The summed E-state index contributed by atoms with van der Waals surface area (Å²) in [6.07, 6.45) is 0. The van der Waals surface area contributed by atoms with Crippen molar-refractivity contribution in [3.05, 3.63) is 109 Å². The SMILES string of the molecule is CCN1c2ccc3cc2Sc2cc(ccc21)-c1ccc(s1)-c1cccc(c1)OCCOCCOCCOCCOCCOCCOc1cccc(c1)-c1ccc-3s1. The third-order valence-electron chi connectivity index (χ3n) is 9.54. The molecule has 0 saturated heterocycles. The van der Waals surface area contributed by atoms with Gasteiger partial charge in [0.1, 0.15) is 24.7 Å². The van der Waals surface area contributed by atoms with Gasteiger partial charge in [-0.1, -0.05) is 48.2 Å². The second-order valence-corrected chi connectivity index (χ2v) is 16.6. The van der Waals surface area contributed by atoms with Gasteiger partial charge in [0.2, 0.25) is 0 Å². The molecule has 0 fully saturated rings. The molecule has 2 aliphatic heterocycles. The van der Waals surface area contributed by atoms with Gasteiger partial charge in [-0.2, -0.15) is 0 Å². The van der Waals surface area contributed by atoms with Gasteiger partial charge < -0.3 is 38.1 Å². The summed E-state index contributed by atoms with van der Waals surface area (Å²) in [6, 6.07) is 39.2. The van der Waals surface area contributed by atoms with Crippen molar-refractivity contribution in [1.82, 2.24) is 0 Å². The molecule has 2 aliphatic rings. The van der Waals surface area contributed by atoms with Crippen LogP contribution in [0.4, 0.5) is 11.4 Å². The molecule has 0 N–H and O–H groups in total. The van der Waals surface area contributed by atoms with Crippen LogP contribution in [0.2, 0.25) is 0 Å². The van der Waals surface area contributed by atoms with Crippen LogP contribution in [0, 0.1) is 0 Å². The quantitative estimate of drug-likeness (QED) is 0.161. The van der Waals surface area contributed by atoms with E-state index in [9.17, 15) is 0 Å². The number of thiophene rings is 2.